The number of carbonyl (C=O) groups is 1. The van der Waals surface area contributed by atoms with Crippen LogP contribution in [0.25, 0.3) is 10.2 Å². The first-order chi connectivity index (χ1) is 17.2. The number of thiazole rings is 1. The first-order valence-electron chi connectivity index (χ1n) is 12.0. The Bertz CT molecular complexity index is 1270. The Morgan fingerprint density at radius 3 is 2.49 bits per heavy atom. The van der Waals surface area contributed by atoms with Crippen molar-refractivity contribution in [2.75, 3.05) is 44.3 Å². The molecule has 4 aromatic rings. The third-order valence-corrected chi connectivity index (χ3v) is 7.17. The smallest absolute Gasteiger partial charge is 0.260 e. The molecule has 0 bridgehead atoms. The molecular weight excluding hydrogens is 458 g/mol. The minimum atomic E-state index is -0.0463. The van der Waals surface area contributed by atoms with E-state index in [9.17, 15) is 4.79 Å². The van der Waals surface area contributed by atoms with Crippen LogP contribution in [0.3, 0.4) is 0 Å². The van der Waals surface area contributed by atoms with E-state index >= 15 is 0 Å². The number of para-hydroxylation sites is 2. The van der Waals surface area contributed by atoms with Crippen molar-refractivity contribution >= 4 is 32.6 Å². The summed E-state index contributed by atoms with van der Waals surface area (Å²) in [6.07, 6.45) is 0.871. The van der Waals surface area contributed by atoms with E-state index in [1.165, 1.54) is 0 Å². The maximum absolute atomic E-state index is 13.7. The fourth-order valence-corrected chi connectivity index (χ4v) is 5.27. The highest BCUT2D eigenvalue weighted by atomic mass is 32.1. The van der Waals surface area contributed by atoms with Crippen LogP contribution >= 0.6 is 11.3 Å². The molecule has 1 fully saturated rings. The molecule has 1 aliphatic heterocycles. The fourth-order valence-electron chi connectivity index (χ4n) is 4.20. The number of nitrogens with zero attached hydrogens (tertiary/aromatic N) is 3. The van der Waals surface area contributed by atoms with Gasteiger partial charge in [-0.3, -0.25) is 14.6 Å². The van der Waals surface area contributed by atoms with E-state index in [4.69, 9.17) is 14.5 Å². The summed E-state index contributed by atoms with van der Waals surface area (Å²) in [5.41, 5.74) is 2.70. The summed E-state index contributed by atoms with van der Waals surface area (Å²) in [6, 6.07) is 23.1. The second-order valence-electron chi connectivity index (χ2n) is 8.62. The van der Waals surface area contributed by atoms with Gasteiger partial charge in [0.2, 0.25) is 0 Å². The minimum absolute atomic E-state index is 0.0463. The molecule has 0 unspecified atom stereocenters. The molecule has 0 saturated carbocycles. The number of morpholine rings is 1. The molecule has 6 nitrogen and oxygen atoms in total. The van der Waals surface area contributed by atoms with Crippen molar-refractivity contribution in [2.45, 2.75) is 13.3 Å². The molecule has 0 radical (unpaired) electrons. The van der Waals surface area contributed by atoms with Gasteiger partial charge >= 0.3 is 0 Å². The number of amides is 1. The van der Waals surface area contributed by atoms with Crippen LogP contribution in [0.5, 0.6) is 11.5 Å². The maximum Gasteiger partial charge on any atom is 0.260 e. The first kappa shape index (κ1) is 23.5. The number of ether oxygens (including phenoxy) is 2. The molecule has 0 N–H and O–H groups in total. The van der Waals surface area contributed by atoms with E-state index < -0.39 is 0 Å². The van der Waals surface area contributed by atoms with Crippen molar-refractivity contribution in [3.63, 3.8) is 0 Å². The third-order valence-electron chi connectivity index (χ3n) is 6.13. The van der Waals surface area contributed by atoms with Gasteiger partial charge in [-0.15, -0.1) is 0 Å². The molecule has 1 amide bonds. The van der Waals surface area contributed by atoms with Gasteiger partial charge in [-0.05, 0) is 61.4 Å². The molecule has 5 rings (SSSR count). The molecule has 0 atom stereocenters. The summed E-state index contributed by atoms with van der Waals surface area (Å²) in [5, 5.41) is 0.742. The van der Waals surface area contributed by atoms with Gasteiger partial charge in [-0.2, -0.15) is 0 Å². The Labute approximate surface area is 209 Å². The zero-order valence-corrected chi connectivity index (χ0v) is 20.7. The van der Waals surface area contributed by atoms with Gasteiger partial charge in [0, 0.05) is 31.7 Å². The number of aryl methyl sites for hydroxylation is 1. The van der Waals surface area contributed by atoms with Gasteiger partial charge in [0.25, 0.3) is 5.91 Å². The standard InChI is InChI=1S/C28H29N3O3S/c1-21-7-5-10-25-26(21)29-28(35-25)31(16-6-15-30-17-19-33-20-18-30)27(32)22-11-13-24(14-12-22)34-23-8-3-2-4-9-23/h2-5,7-14H,6,15-20H2,1H3. The number of rotatable bonds is 8. The van der Waals surface area contributed by atoms with Crippen molar-refractivity contribution in [3.8, 4) is 11.5 Å². The lowest BCUT2D eigenvalue weighted by Crippen LogP contribution is -2.39. The first-order valence-corrected chi connectivity index (χ1v) is 12.8. The predicted octanol–water partition coefficient (Wildman–Crippen LogP) is 5.77. The fraction of sp³-hybridized carbons (Fsp3) is 0.286. The minimum Gasteiger partial charge on any atom is -0.457 e. The van der Waals surface area contributed by atoms with Crippen molar-refractivity contribution in [3.05, 3.63) is 83.9 Å². The second-order valence-corrected chi connectivity index (χ2v) is 9.63. The van der Waals surface area contributed by atoms with E-state index in [0.29, 0.717) is 17.9 Å². The SMILES string of the molecule is Cc1cccc2sc(N(CCCN3CCOCC3)C(=O)c3ccc(Oc4ccccc4)cc3)nc12. The van der Waals surface area contributed by atoms with Crippen LogP contribution in [0.4, 0.5) is 5.13 Å². The summed E-state index contributed by atoms with van der Waals surface area (Å²) in [7, 11) is 0. The number of anilines is 1. The van der Waals surface area contributed by atoms with Gasteiger partial charge < -0.3 is 9.47 Å². The van der Waals surface area contributed by atoms with Crippen LogP contribution < -0.4 is 9.64 Å². The topological polar surface area (TPSA) is 54.9 Å². The summed E-state index contributed by atoms with van der Waals surface area (Å²) < 4.78 is 12.4. The molecule has 0 aliphatic carbocycles. The maximum atomic E-state index is 13.7. The third kappa shape index (κ3) is 5.70. The van der Waals surface area contributed by atoms with Crippen molar-refractivity contribution in [1.29, 1.82) is 0 Å². The quantitative estimate of drug-likeness (QED) is 0.316. The predicted molar refractivity (Wildman–Crippen MR) is 141 cm³/mol. The van der Waals surface area contributed by atoms with Gasteiger partial charge in [0.05, 0.1) is 23.4 Å². The molecule has 180 valence electrons. The van der Waals surface area contributed by atoms with Gasteiger partial charge in [-0.25, -0.2) is 4.98 Å². The molecule has 2 heterocycles. The number of hydrogen-bond donors (Lipinski definition) is 0. The Morgan fingerprint density at radius 1 is 1.00 bits per heavy atom. The normalized spacial score (nSPS) is 14.2. The van der Waals surface area contributed by atoms with Crippen LogP contribution in [0, 0.1) is 6.92 Å². The summed E-state index contributed by atoms with van der Waals surface area (Å²) in [6.45, 7) is 7.03. The van der Waals surface area contributed by atoms with E-state index in [1.54, 1.807) is 11.3 Å². The van der Waals surface area contributed by atoms with Gasteiger partial charge in [0.1, 0.15) is 11.5 Å². The van der Waals surface area contributed by atoms with E-state index in [1.807, 2.05) is 65.6 Å². The van der Waals surface area contributed by atoms with Crippen LogP contribution in [-0.2, 0) is 4.74 Å². The highest BCUT2D eigenvalue weighted by molar-refractivity contribution is 7.22. The van der Waals surface area contributed by atoms with E-state index in [0.717, 1.165) is 65.9 Å². The van der Waals surface area contributed by atoms with Gasteiger partial charge in [0.15, 0.2) is 5.13 Å². The van der Waals surface area contributed by atoms with Crippen LogP contribution in [0.15, 0.2) is 72.8 Å². The molecule has 3 aromatic carbocycles. The largest absolute Gasteiger partial charge is 0.457 e. The highest BCUT2D eigenvalue weighted by Crippen LogP contribution is 2.32. The monoisotopic (exact) mass is 487 g/mol. The number of aromatic nitrogens is 1. The number of fused-ring (bicyclic) bond motifs is 1. The van der Waals surface area contributed by atoms with E-state index in [-0.39, 0.29) is 5.91 Å². The van der Waals surface area contributed by atoms with Crippen molar-refractivity contribution in [2.24, 2.45) is 0 Å². The molecule has 1 aliphatic rings. The lowest BCUT2D eigenvalue weighted by Gasteiger charge is -2.27. The number of carbonyl (C=O) groups excluding carboxylic acids is 1. The number of hydrogen-bond acceptors (Lipinski definition) is 6. The zero-order chi connectivity index (χ0) is 24.0. The van der Waals surface area contributed by atoms with Crippen molar-refractivity contribution in [1.82, 2.24) is 9.88 Å². The van der Waals surface area contributed by atoms with Crippen LogP contribution in [-0.4, -0.2) is 55.2 Å². The summed E-state index contributed by atoms with van der Waals surface area (Å²) in [5.74, 6) is 1.42. The lowest BCUT2D eigenvalue weighted by molar-refractivity contribution is 0.0376. The molecular formula is C28H29N3O3S. The molecule has 1 aromatic heterocycles. The van der Waals surface area contributed by atoms with Crippen LogP contribution in [0.1, 0.15) is 22.3 Å². The average molecular weight is 488 g/mol. The second kappa shape index (κ2) is 11.0. The average Bonchev–Trinajstić information content (AvgIpc) is 3.33. The van der Waals surface area contributed by atoms with Gasteiger partial charge in [-0.1, -0.05) is 41.7 Å². The lowest BCUT2D eigenvalue weighted by atomic mass is 10.2. The van der Waals surface area contributed by atoms with E-state index in [2.05, 4.69) is 24.0 Å². The zero-order valence-electron chi connectivity index (χ0n) is 19.9. The Kier molecular flexibility index (Phi) is 7.37. The Hall–Kier alpha value is -3.26. The molecule has 7 heteroatoms. The Morgan fingerprint density at radius 2 is 1.74 bits per heavy atom. The van der Waals surface area contributed by atoms with Crippen molar-refractivity contribution < 1.29 is 14.3 Å². The highest BCUT2D eigenvalue weighted by Gasteiger charge is 2.22. The molecule has 35 heavy (non-hydrogen) atoms. The summed E-state index contributed by atoms with van der Waals surface area (Å²) in [4.78, 5) is 22.8. The molecule has 1 saturated heterocycles. The number of benzene rings is 3. The molecule has 0 spiro atoms. The van der Waals surface area contributed by atoms with Crippen LogP contribution in [0.2, 0.25) is 0 Å². The summed E-state index contributed by atoms with van der Waals surface area (Å²) >= 11 is 1.57. The Balaban J connectivity index is 1.35.